The van der Waals surface area contributed by atoms with Gasteiger partial charge in [0.25, 0.3) is 0 Å². The number of benzene rings is 1. The van der Waals surface area contributed by atoms with Crippen molar-refractivity contribution in [2.75, 3.05) is 13.1 Å². The highest BCUT2D eigenvalue weighted by Gasteiger charge is 2.21. The Kier molecular flexibility index (Phi) is 9.77. The van der Waals surface area contributed by atoms with Crippen LogP contribution >= 0.6 is 0 Å². The van der Waals surface area contributed by atoms with E-state index in [9.17, 15) is 18.4 Å². The zero-order valence-corrected chi connectivity index (χ0v) is 14.9. The van der Waals surface area contributed by atoms with Crippen LogP contribution < -0.4 is 16.0 Å². The number of nitrogens with one attached hydrogen (secondary N) is 3. The highest BCUT2D eigenvalue weighted by atomic mass is 19.1. The molecule has 0 spiro atoms. The summed E-state index contributed by atoms with van der Waals surface area (Å²) in [4.78, 5) is 24.2. The third-order valence-electron chi connectivity index (χ3n) is 3.66. The highest BCUT2D eigenvalue weighted by molar-refractivity contribution is 5.87. The molecule has 0 saturated heterocycles. The zero-order chi connectivity index (χ0) is 19.4. The van der Waals surface area contributed by atoms with Gasteiger partial charge >= 0.3 is 6.03 Å². The van der Waals surface area contributed by atoms with Crippen molar-refractivity contribution in [1.29, 1.82) is 0 Å². The van der Waals surface area contributed by atoms with Gasteiger partial charge in [-0.1, -0.05) is 32.1 Å². The fourth-order valence-electron chi connectivity index (χ4n) is 2.40. The van der Waals surface area contributed by atoms with Gasteiger partial charge in [-0.2, -0.15) is 0 Å². The van der Waals surface area contributed by atoms with Gasteiger partial charge in [0, 0.05) is 19.0 Å². The minimum Gasteiger partial charge on any atom is -0.343 e. The predicted octanol–water partition coefficient (Wildman–Crippen LogP) is 2.50. The summed E-state index contributed by atoms with van der Waals surface area (Å²) in [6.45, 7) is 2.57. The second kappa shape index (κ2) is 11.9. The van der Waals surface area contributed by atoms with Gasteiger partial charge in [-0.3, -0.25) is 4.79 Å². The lowest BCUT2D eigenvalue weighted by molar-refractivity contribution is -0.122. The number of unbranched alkanes of at least 4 members (excludes halogenated alkanes) is 3. The van der Waals surface area contributed by atoms with E-state index in [0.29, 0.717) is 6.54 Å². The monoisotopic (exact) mass is 365 g/mol. The molecule has 1 aromatic rings. The van der Waals surface area contributed by atoms with Crippen LogP contribution in [-0.4, -0.2) is 31.1 Å². The lowest BCUT2D eigenvalue weighted by atomic mass is 10.0. The molecule has 7 heteroatoms. The molecule has 3 N–H and O–H groups in total. The number of urea groups is 1. The van der Waals surface area contributed by atoms with E-state index < -0.39 is 29.6 Å². The number of carbonyl (C=O) groups is 2. The van der Waals surface area contributed by atoms with E-state index in [1.165, 1.54) is 0 Å². The maximum Gasteiger partial charge on any atom is 0.315 e. The van der Waals surface area contributed by atoms with Gasteiger partial charge in [-0.15, -0.1) is 6.42 Å². The van der Waals surface area contributed by atoms with Crippen LogP contribution in [0, 0.1) is 24.0 Å². The standard InChI is InChI=1S/C19H25F2N3O2/c1-3-5-6-7-9-23-19(26)24-17(18(25)22-8-4-2)12-14-10-15(20)13-16(21)11-14/h2,10-11,13,17H,3,5-9,12H2,1H3,(H,22,25)(H2,23,24,26)/t17-/m0/s1. The van der Waals surface area contributed by atoms with Crippen LogP contribution in [0.1, 0.15) is 38.2 Å². The number of amides is 3. The number of hydrogen-bond donors (Lipinski definition) is 3. The maximum absolute atomic E-state index is 13.3. The van der Waals surface area contributed by atoms with E-state index in [4.69, 9.17) is 6.42 Å². The Bertz CT molecular complexity index is 624. The second-order valence-corrected chi connectivity index (χ2v) is 5.92. The molecule has 26 heavy (non-hydrogen) atoms. The Morgan fingerprint density at radius 1 is 1.12 bits per heavy atom. The van der Waals surface area contributed by atoms with Gasteiger partial charge in [0.1, 0.15) is 17.7 Å². The third kappa shape index (κ3) is 8.47. The minimum atomic E-state index is -1.000. The van der Waals surface area contributed by atoms with Gasteiger partial charge in [-0.05, 0) is 24.1 Å². The van der Waals surface area contributed by atoms with Crippen LogP contribution in [-0.2, 0) is 11.2 Å². The summed E-state index contributed by atoms with van der Waals surface area (Å²) in [7, 11) is 0. The molecule has 1 aromatic carbocycles. The number of halogens is 2. The quantitative estimate of drug-likeness (QED) is 0.440. The average molecular weight is 365 g/mol. The molecule has 1 rings (SSSR count). The van der Waals surface area contributed by atoms with Crippen molar-refractivity contribution in [3.63, 3.8) is 0 Å². The predicted molar refractivity (Wildman–Crippen MR) is 96.4 cm³/mol. The Morgan fingerprint density at radius 3 is 2.42 bits per heavy atom. The lowest BCUT2D eigenvalue weighted by Crippen LogP contribution is -2.51. The molecule has 0 unspecified atom stereocenters. The summed E-state index contributed by atoms with van der Waals surface area (Å²) in [5.74, 6) is 0.249. The van der Waals surface area contributed by atoms with Gasteiger partial charge in [0.05, 0.1) is 6.54 Å². The molecule has 0 aliphatic carbocycles. The smallest absolute Gasteiger partial charge is 0.315 e. The fraction of sp³-hybridized carbons (Fsp3) is 0.474. The first-order valence-corrected chi connectivity index (χ1v) is 8.66. The van der Waals surface area contributed by atoms with Crippen molar-refractivity contribution in [1.82, 2.24) is 16.0 Å². The number of rotatable bonds is 10. The first-order chi connectivity index (χ1) is 12.5. The SMILES string of the molecule is C#CCNC(=O)[C@H](Cc1cc(F)cc(F)c1)NC(=O)NCCCCCC. The Balaban J connectivity index is 2.67. The van der Waals surface area contributed by atoms with Crippen LogP contribution in [0.2, 0.25) is 0 Å². The fourth-order valence-corrected chi connectivity index (χ4v) is 2.40. The highest BCUT2D eigenvalue weighted by Crippen LogP contribution is 2.10. The van der Waals surface area contributed by atoms with E-state index in [1.54, 1.807) is 0 Å². The van der Waals surface area contributed by atoms with Crippen molar-refractivity contribution < 1.29 is 18.4 Å². The summed E-state index contributed by atoms with van der Waals surface area (Å²) in [6.07, 6.45) is 9.07. The first kappa shape index (κ1) is 21.4. The summed E-state index contributed by atoms with van der Waals surface area (Å²) < 4.78 is 26.7. The van der Waals surface area contributed by atoms with Crippen LogP contribution in [0.3, 0.4) is 0 Å². The molecule has 3 amide bonds. The maximum atomic E-state index is 13.3. The molecular formula is C19H25F2N3O2. The van der Waals surface area contributed by atoms with Gasteiger partial charge < -0.3 is 16.0 Å². The van der Waals surface area contributed by atoms with Crippen LogP contribution in [0.4, 0.5) is 13.6 Å². The molecule has 0 radical (unpaired) electrons. The molecule has 0 heterocycles. The van der Waals surface area contributed by atoms with Crippen molar-refractivity contribution in [2.24, 2.45) is 0 Å². The number of hydrogen-bond acceptors (Lipinski definition) is 2. The molecule has 0 aliphatic heterocycles. The molecule has 0 bridgehead atoms. The molecule has 0 aliphatic rings. The first-order valence-electron chi connectivity index (χ1n) is 8.66. The summed E-state index contributed by atoms with van der Waals surface area (Å²) in [5.41, 5.74) is 0.256. The second-order valence-electron chi connectivity index (χ2n) is 5.92. The number of terminal acetylenes is 1. The summed E-state index contributed by atoms with van der Waals surface area (Å²) >= 11 is 0. The molecule has 142 valence electrons. The van der Waals surface area contributed by atoms with E-state index in [2.05, 4.69) is 28.8 Å². The van der Waals surface area contributed by atoms with Gasteiger partial charge in [-0.25, -0.2) is 13.6 Å². The largest absolute Gasteiger partial charge is 0.343 e. The minimum absolute atomic E-state index is 0.00678. The third-order valence-corrected chi connectivity index (χ3v) is 3.66. The molecule has 0 aromatic heterocycles. The topological polar surface area (TPSA) is 70.2 Å². The molecule has 1 atom stereocenters. The van der Waals surface area contributed by atoms with Crippen molar-refractivity contribution >= 4 is 11.9 Å². The lowest BCUT2D eigenvalue weighted by Gasteiger charge is -2.18. The van der Waals surface area contributed by atoms with Crippen LogP contribution in [0.15, 0.2) is 18.2 Å². The normalized spacial score (nSPS) is 11.3. The van der Waals surface area contributed by atoms with Crippen LogP contribution in [0.25, 0.3) is 0 Å². The van der Waals surface area contributed by atoms with Crippen molar-refractivity contribution in [2.45, 2.75) is 45.1 Å². The van der Waals surface area contributed by atoms with E-state index >= 15 is 0 Å². The van der Waals surface area contributed by atoms with Crippen molar-refractivity contribution in [3.05, 3.63) is 35.4 Å². The van der Waals surface area contributed by atoms with E-state index in [-0.39, 0.29) is 18.5 Å². The average Bonchev–Trinajstić information content (AvgIpc) is 2.58. The van der Waals surface area contributed by atoms with Crippen molar-refractivity contribution in [3.8, 4) is 12.3 Å². The Labute approximate surface area is 152 Å². The molecule has 5 nitrogen and oxygen atoms in total. The molecular weight excluding hydrogens is 340 g/mol. The number of carbonyl (C=O) groups excluding carboxylic acids is 2. The van der Waals surface area contributed by atoms with Crippen LogP contribution in [0.5, 0.6) is 0 Å². The molecule has 0 fully saturated rings. The summed E-state index contributed by atoms with van der Waals surface area (Å²) in [6, 6.07) is 1.47. The van der Waals surface area contributed by atoms with E-state index in [1.807, 2.05) is 0 Å². The summed E-state index contributed by atoms with van der Waals surface area (Å²) in [5, 5.41) is 7.67. The van der Waals surface area contributed by atoms with Gasteiger partial charge in [0.2, 0.25) is 5.91 Å². The zero-order valence-electron chi connectivity index (χ0n) is 14.9. The Morgan fingerprint density at radius 2 is 1.81 bits per heavy atom. The van der Waals surface area contributed by atoms with E-state index in [0.717, 1.165) is 43.9 Å². The van der Waals surface area contributed by atoms with Gasteiger partial charge in [0.15, 0.2) is 0 Å². The Hall–Kier alpha value is -2.62. The molecule has 0 saturated carbocycles.